The van der Waals surface area contributed by atoms with Crippen LogP contribution in [0.4, 0.5) is 0 Å². The molecule has 2 aliphatic rings. The second kappa shape index (κ2) is 3.96. The van der Waals surface area contributed by atoms with Crippen LogP contribution in [0.2, 0.25) is 0 Å². The molecule has 0 aromatic rings. The molecule has 4 heteroatoms. The van der Waals surface area contributed by atoms with Crippen LogP contribution in [0.1, 0.15) is 19.3 Å². The van der Waals surface area contributed by atoms with Crippen molar-refractivity contribution in [3.63, 3.8) is 0 Å². The first-order valence-electron chi connectivity index (χ1n) is 5.21. The summed E-state index contributed by atoms with van der Waals surface area (Å²) in [5.41, 5.74) is 5.27. The highest BCUT2D eigenvalue weighted by Crippen LogP contribution is 2.25. The van der Waals surface area contributed by atoms with Crippen molar-refractivity contribution in [3.05, 3.63) is 0 Å². The fraction of sp³-hybridized carbons (Fsp3) is 0.900. The Bertz CT molecular complexity index is 217. The Balaban J connectivity index is 1.98. The van der Waals surface area contributed by atoms with E-state index in [1.54, 1.807) is 0 Å². The number of rotatable bonds is 2. The molecule has 0 bridgehead atoms. The van der Waals surface area contributed by atoms with Crippen LogP contribution in [0.5, 0.6) is 0 Å². The first kappa shape index (κ1) is 10.1. The third-order valence-corrected chi connectivity index (χ3v) is 3.07. The molecular formula is C10H17NO3. The lowest BCUT2D eigenvalue weighted by Crippen LogP contribution is -2.52. The molecule has 0 amide bonds. The molecule has 0 aliphatic carbocycles. The number of nitrogens with two attached hydrogens (primary N) is 1. The molecule has 4 nitrogen and oxygen atoms in total. The summed E-state index contributed by atoms with van der Waals surface area (Å²) in [7, 11) is 0. The van der Waals surface area contributed by atoms with E-state index >= 15 is 0 Å². The molecular weight excluding hydrogens is 182 g/mol. The molecule has 2 atom stereocenters. The van der Waals surface area contributed by atoms with Crippen molar-refractivity contribution in [1.29, 1.82) is 0 Å². The van der Waals surface area contributed by atoms with Crippen molar-refractivity contribution in [1.82, 2.24) is 0 Å². The lowest BCUT2D eigenvalue weighted by atomic mass is 9.83. The van der Waals surface area contributed by atoms with E-state index in [2.05, 4.69) is 0 Å². The molecule has 0 aromatic heterocycles. The summed E-state index contributed by atoms with van der Waals surface area (Å²) in [5.74, 6) is 0.130. The van der Waals surface area contributed by atoms with E-state index in [0.29, 0.717) is 26.2 Å². The third-order valence-electron chi connectivity index (χ3n) is 3.07. The van der Waals surface area contributed by atoms with Crippen LogP contribution >= 0.6 is 0 Å². The summed E-state index contributed by atoms with van der Waals surface area (Å²) in [6.07, 6.45) is 2.54. The van der Waals surface area contributed by atoms with Crippen LogP contribution in [0.25, 0.3) is 0 Å². The number of Topliss-reactive ketones (excluding diaryl/α,β-unsaturated/α-hetero) is 1. The van der Waals surface area contributed by atoms with E-state index in [4.69, 9.17) is 15.2 Å². The average molecular weight is 199 g/mol. The van der Waals surface area contributed by atoms with Gasteiger partial charge in [-0.05, 0) is 19.3 Å². The van der Waals surface area contributed by atoms with Crippen LogP contribution in [0.3, 0.4) is 0 Å². The van der Waals surface area contributed by atoms with Crippen LogP contribution in [-0.2, 0) is 14.3 Å². The van der Waals surface area contributed by atoms with Gasteiger partial charge < -0.3 is 15.2 Å². The van der Waals surface area contributed by atoms with Crippen molar-refractivity contribution in [2.75, 3.05) is 26.4 Å². The average Bonchev–Trinajstić information content (AvgIpc) is 2.67. The number of hydrogen-bond donors (Lipinski definition) is 1. The maximum atomic E-state index is 12.0. The predicted molar refractivity (Wildman–Crippen MR) is 50.9 cm³/mol. The van der Waals surface area contributed by atoms with E-state index in [0.717, 1.165) is 19.4 Å². The Morgan fingerprint density at radius 1 is 1.36 bits per heavy atom. The summed E-state index contributed by atoms with van der Waals surface area (Å²) in [6, 6.07) is 0. The summed E-state index contributed by atoms with van der Waals surface area (Å²) >= 11 is 0. The monoisotopic (exact) mass is 199 g/mol. The maximum absolute atomic E-state index is 12.0. The van der Waals surface area contributed by atoms with Crippen LogP contribution in [-0.4, -0.2) is 37.7 Å². The van der Waals surface area contributed by atoms with Gasteiger partial charge in [0.25, 0.3) is 0 Å². The molecule has 80 valence electrons. The molecule has 0 spiro atoms. The van der Waals surface area contributed by atoms with Gasteiger partial charge in [0.1, 0.15) is 5.54 Å². The Morgan fingerprint density at radius 3 is 2.79 bits per heavy atom. The zero-order valence-corrected chi connectivity index (χ0v) is 8.33. The molecule has 2 saturated heterocycles. The van der Waals surface area contributed by atoms with Gasteiger partial charge >= 0.3 is 0 Å². The van der Waals surface area contributed by atoms with Gasteiger partial charge in [-0.3, -0.25) is 4.79 Å². The Morgan fingerprint density at radius 2 is 2.21 bits per heavy atom. The minimum Gasteiger partial charge on any atom is -0.381 e. The highest BCUT2D eigenvalue weighted by molar-refractivity contribution is 5.90. The molecule has 0 radical (unpaired) electrons. The van der Waals surface area contributed by atoms with Gasteiger partial charge in [0, 0.05) is 19.1 Å². The summed E-state index contributed by atoms with van der Waals surface area (Å²) in [5, 5.41) is 0. The molecule has 2 rings (SSSR count). The topological polar surface area (TPSA) is 61.6 Å². The van der Waals surface area contributed by atoms with Gasteiger partial charge in [-0.25, -0.2) is 0 Å². The number of carbonyl (C=O) groups is 1. The van der Waals surface area contributed by atoms with Gasteiger partial charge in [0.05, 0.1) is 13.2 Å². The number of carbonyl (C=O) groups excluding carboxylic acids is 1. The third kappa shape index (κ3) is 1.82. The minimum atomic E-state index is -0.731. The van der Waals surface area contributed by atoms with Gasteiger partial charge in [0.2, 0.25) is 0 Å². The van der Waals surface area contributed by atoms with Crippen molar-refractivity contribution >= 4 is 5.78 Å². The lowest BCUT2D eigenvalue weighted by molar-refractivity contribution is -0.132. The molecule has 0 aromatic carbocycles. The quantitative estimate of drug-likeness (QED) is 0.685. The first-order valence-corrected chi connectivity index (χ1v) is 5.21. The molecule has 2 aliphatic heterocycles. The maximum Gasteiger partial charge on any atom is 0.160 e. The highest BCUT2D eigenvalue weighted by atomic mass is 16.5. The normalized spacial score (nSPS) is 38.5. The summed E-state index contributed by atoms with van der Waals surface area (Å²) in [6.45, 7) is 2.30. The van der Waals surface area contributed by atoms with Gasteiger partial charge in [-0.1, -0.05) is 0 Å². The second-order valence-corrected chi connectivity index (χ2v) is 4.24. The SMILES string of the molecule is NC1(C(=O)C2CCCOC2)CCOC1. The Kier molecular flexibility index (Phi) is 2.85. The number of ether oxygens (including phenoxy) is 2. The lowest BCUT2D eigenvalue weighted by Gasteiger charge is -2.28. The largest absolute Gasteiger partial charge is 0.381 e. The van der Waals surface area contributed by atoms with E-state index in [-0.39, 0.29) is 11.7 Å². The van der Waals surface area contributed by atoms with Gasteiger partial charge in [-0.15, -0.1) is 0 Å². The minimum absolute atomic E-state index is 0.00421. The molecule has 2 N–H and O–H groups in total. The van der Waals surface area contributed by atoms with E-state index in [9.17, 15) is 4.79 Å². The molecule has 14 heavy (non-hydrogen) atoms. The van der Waals surface area contributed by atoms with E-state index in [1.807, 2.05) is 0 Å². The predicted octanol–water partition coefficient (Wildman–Crippen LogP) is 0.0999. The standard InChI is InChI=1S/C10H17NO3/c11-10(3-5-14-7-10)9(12)8-2-1-4-13-6-8/h8H,1-7,11H2. The van der Waals surface area contributed by atoms with Crippen molar-refractivity contribution < 1.29 is 14.3 Å². The Labute approximate surface area is 83.7 Å². The molecule has 0 saturated carbocycles. The van der Waals surface area contributed by atoms with Gasteiger partial charge in [-0.2, -0.15) is 0 Å². The first-order chi connectivity index (χ1) is 6.72. The zero-order chi connectivity index (χ0) is 10.0. The smallest absolute Gasteiger partial charge is 0.160 e. The molecule has 2 heterocycles. The number of hydrogen-bond acceptors (Lipinski definition) is 4. The van der Waals surface area contributed by atoms with Crippen molar-refractivity contribution in [2.45, 2.75) is 24.8 Å². The van der Waals surface area contributed by atoms with Crippen LogP contribution in [0.15, 0.2) is 0 Å². The van der Waals surface area contributed by atoms with E-state index in [1.165, 1.54) is 0 Å². The van der Waals surface area contributed by atoms with Gasteiger partial charge in [0.15, 0.2) is 5.78 Å². The Hall–Kier alpha value is -0.450. The van der Waals surface area contributed by atoms with E-state index < -0.39 is 5.54 Å². The highest BCUT2D eigenvalue weighted by Gasteiger charge is 2.41. The number of ketones is 1. The summed E-state index contributed by atoms with van der Waals surface area (Å²) in [4.78, 5) is 12.0. The fourth-order valence-corrected chi connectivity index (χ4v) is 2.13. The van der Waals surface area contributed by atoms with Crippen molar-refractivity contribution in [3.8, 4) is 0 Å². The zero-order valence-electron chi connectivity index (χ0n) is 8.33. The van der Waals surface area contributed by atoms with Crippen LogP contribution in [0, 0.1) is 5.92 Å². The fourth-order valence-electron chi connectivity index (χ4n) is 2.13. The summed E-state index contributed by atoms with van der Waals surface area (Å²) < 4.78 is 10.5. The van der Waals surface area contributed by atoms with Crippen molar-refractivity contribution in [2.24, 2.45) is 11.7 Å². The molecule has 2 unspecified atom stereocenters. The molecule has 2 fully saturated rings. The second-order valence-electron chi connectivity index (χ2n) is 4.24. The van der Waals surface area contributed by atoms with Crippen LogP contribution < -0.4 is 5.73 Å².